The van der Waals surface area contributed by atoms with Gasteiger partial charge in [-0.15, -0.1) is 0 Å². The van der Waals surface area contributed by atoms with E-state index in [1.807, 2.05) is 54.6 Å². The van der Waals surface area contributed by atoms with E-state index in [4.69, 9.17) is 4.74 Å². The van der Waals surface area contributed by atoms with Gasteiger partial charge in [0.05, 0.1) is 13.2 Å². The van der Waals surface area contributed by atoms with E-state index in [0.29, 0.717) is 19.4 Å². The van der Waals surface area contributed by atoms with E-state index in [1.54, 1.807) is 0 Å². The van der Waals surface area contributed by atoms with Crippen LogP contribution in [0.25, 0.3) is 0 Å². The van der Waals surface area contributed by atoms with Crippen molar-refractivity contribution in [3.63, 3.8) is 0 Å². The number of carbonyl (C=O) groups excluding carboxylic acids is 1. The molecular formula is C19H21N3O2. The highest BCUT2D eigenvalue weighted by Crippen LogP contribution is 2.12. The van der Waals surface area contributed by atoms with Gasteiger partial charge in [-0.3, -0.25) is 9.79 Å². The van der Waals surface area contributed by atoms with Crippen molar-refractivity contribution >= 4 is 17.4 Å². The highest BCUT2D eigenvalue weighted by atomic mass is 16.5. The Bertz CT molecular complexity index is 696. The molecule has 0 radical (unpaired) electrons. The van der Waals surface area contributed by atoms with Gasteiger partial charge in [0, 0.05) is 24.2 Å². The van der Waals surface area contributed by atoms with Crippen LogP contribution in [0.4, 0.5) is 5.69 Å². The number of ether oxygens (including phenoxy) is 1. The predicted molar refractivity (Wildman–Crippen MR) is 95.6 cm³/mol. The van der Waals surface area contributed by atoms with E-state index in [2.05, 4.69) is 15.6 Å². The Kier molecular flexibility index (Phi) is 5.45. The van der Waals surface area contributed by atoms with Crippen molar-refractivity contribution in [2.45, 2.75) is 12.8 Å². The summed E-state index contributed by atoms with van der Waals surface area (Å²) in [5.74, 6) is 1.75. The number of amides is 1. The first-order valence-electron chi connectivity index (χ1n) is 8.18. The van der Waals surface area contributed by atoms with Crippen LogP contribution in [0.1, 0.15) is 18.4 Å². The first-order valence-corrected chi connectivity index (χ1v) is 8.18. The molecule has 0 aliphatic carbocycles. The van der Waals surface area contributed by atoms with Gasteiger partial charge in [-0.25, -0.2) is 0 Å². The number of hydrogen-bond donors (Lipinski definition) is 2. The molecule has 0 fully saturated rings. The molecule has 1 aliphatic rings. The topological polar surface area (TPSA) is 62.7 Å². The average molecular weight is 323 g/mol. The molecule has 2 aromatic rings. The lowest BCUT2D eigenvalue weighted by Gasteiger charge is -2.08. The summed E-state index contributed by atoms with van der Waals surface area (Å²) in [5.41, 5.74) is 1.84. The Morgan fingerprint density at radius 1 is 1.12 bits per heavy atom. The van der Waals surface area contributed by atoms with Gasteiger partial charge in [0.15, 0.2) is 0 Å². The number of nitrogens with zero attached hydrogens (tertiary/aromatic N) is 1. The lowest BCUT2D eigenvalue weighted by Crippen LogP contribution is -2.19. The molecule has 0 aromatic heterocycles. The standard InChI is InChI=1S/C19H21N3O2/c23-18(7-4-14-24-17-5-2-1-3-6-17)22-16-10-8-15(9-11-16)19-20-12-13-21-19/h1-3,5-6,8-11H,4,7,12-14H2,(H,20,21)(H,22,23). The van der Waals surface area contributed by atoms with E-state index >= 15 is 0 Å². The fourth-order valence-electron chi connectivity index (χ4n) is 2.47. The Morgan fingerprint density at radius 2 is 1.92 bits per heavy atom. The molecular weight excluding hydrogens is 302 g/mol. The zero-order valence-electron chi connectivity index (χ0n) is 13.5. The largest absolute Gasteiger partial charge is 0.494 e. The normalized spacial score (nSPS) is 13.1. The first kappa shape index (κ1) is 16.1. The number of anilines is 1. The van der Waals surface area contributed by atoms with Gasteiger partial charge in [0.2, 0.25) is 5.91 Å². The molecule has 0 atom stereocenters. The maximum absolute atomic E-state index is 12.0. The molecule has 3 rings (SSSR count). The number of rotatable bonds is 7. The minimum atomic E-state index is -0.00394. The van der Waals surface area contributed by atoms with Crippen molar-refractivity contribution in [1.29, 1.82) is 0 Å². The Hall–Kier alpha value is -2.82. The van der Waals surface area contributed by atoms with Gasteiger partial charge in [0.1, 0.15) is 11.6 Å². The molecule has 0 unspecified atom stereocenters. The molecule has 1 amide bonds. The van der Waals surface area contributed by atoms with Crippen LogP contribution in [-0.2, 0) is 4.79 Å². The summed E-state index contributed by atoms with van der Waals surface area (Å²) < 4.78 is 5.58. The summed E-state index contributed by atoms with van der Waals surface area (Å²) in [6, 6.07) is 17.3. The molecule has 5 nitrogen and oxygen atoms in total. The van der Waals surface area contributed by atoms with Crippen molar-refractivity contribution in [2.75, 3.05) is 25.0 Å². The third-order valence-corrected chi connectivity index (χ3v) is 3.68. The van der Waals surface area contributed by atoms with E-state index in [1.165, 1.54) is 0 Å². The van der Waals surface area contributed by atoms with E-state index in [0.717, 1.165) is 35.9 Å². The number of carbonyl (C=O) groups is 1. The SMILES string of the molecule is O=C(CCCOc1ccccc1)Nc1ccc(C2=NCCN2)cc1. The van der Waals surface area contributed by atoms with E-state index in [-0.39, 0.29) is 5.91 Å². The quantitative estimate of drug-likeness (QED) is 0.770. The van der Waals surface area contributed by atoms with Crippen molar-refractivity contribution in [3.05, 3.63) is 60.2 Å². The predicted octanol–water partition coefficient (Wildman–Crippen LogP) is 2.83. The molecule has 0 spiro atoms. The molecule has 0 bridgehead atoms. The van der Waals surface area contributed by atoms with Crippen LogP contribution in [0.2, 0.25) is 0 Å². The first-order chi connectivity index (χ1) is 11.8. The molecule has 1 aliphatic heterocycles. The molecule has 1 heterocycles. The molecule has 2 aromatic carbocycles. The number of benzene rings is 2. The third kappa shape index (κ3) is 4.59. The number of nitrogens with one attached hydrogen (secondary N) is 2. The number of aliphatic imine (C=N–C) groups is 1. The molecule has 24 heavy (non-hydrogen) atoms. The van der Waals surface area contributed by atoms with Crippen LogP contribution in [0.3, 0.4) is 0 Å². The van der Waals surface area contributed by atoms with Crippen LogP contribution in [-0.4, -0.2) is 31.4 Å². The summed E-state index contributed by atoms with van der Waals surface area (Å²) in [5, 5.41) is 6.13. The van der Waals surface area contributed by atoms with Gasteiger partial charge in [-0.1, -0.05) is 18.2 Å². The molecule has 2 N–H and O–H groups in total. The Morgan fingerprint density at radius 3 is 2.62 bits per heavy atom. The van der Waals surface area contributed by atoms with Crippen LogP contribution in [0, 0.1) is 0 Å². The van der Waals surface area contributed by atoms with Gasteiger partial charge < -0.3 is 15.4 Å². The second-order valence-electron chi connectivity index (χ2n) is 5.55. The Labute approximate surface area is 141 Å². The fourth-order valence-corrected chi connectivity index (χ4v) is 2.47. The summed E-state index contributed by atoms with van der Waals surface area (Å²) in [6.07, 6.45) is 1.11. The number of hydrogen-bond acceptors (Lipinski definition) is 4. The Balaban J connectivity index is 1.40. The number of amidine groups is 1. The van der Waals surface area contributed by atoms with Crippen molar-refractivity contribution in [3.8, 4) is 5.75 Å². The second kappa shape index (κ2) is 8.15. The second-order valence-corrected chi connectivity index (χ2v) is 5.55. The minimum absolute atomic E-state index is 0.00394. The van der Waals surface area contributed by atoms with Gasteiger partial charge in [0.25, 0.3) is 0 Å². The van der Waals surface area contributed by atoms with Gasteiger partial charge >= 0.3 is 0 Å². The fraction of sp³-hybridized carbons (Fsp3) is 0.263. The van der Waals surface area contributed by atoms with E-state index in [9.17, 15) is 4.79 Å². The third-order valence-electron chi connectivity index (χ3n) is 3.68. The summed E-state index contributed by atoms with van der Waals surface area (Å²) in [7, 11) is 0. The minimum Gasteiger partial charge on any atom is -0.494 e. The molecule has 0 saturated carbocycles. The van der Waals surface area contributed by atoms with Crippen LogP contribution >= 0.6 is 0 Å². The highest BCUT2D eigenvalue weighted by molar-refractivity contribution is 6.00. The van der Waals surface area contributed by atoms with Crippen molar-refractivity contribution < 1.29 is 9.53 Å². The van der Waals surface area contributed by atoms with Gasteiger partial charge in [-0.05, 0) is 42.8 Å². The highest BCUT2D eigenvalue weighted by Gasteiger charge is 2.08. The zero-order chi connectivity index (χ0) is 16.6. The van der Waals surface area contributed by atoms with Crippen LogP contribution < -0.4 is 15.4 Å². The zero-order valence-corrected chi connectivity index (χ0v) is 13.5. The molecule has 5 heteroatoms. The van der Waals surface area contributed by atoms with Gasteiger partial charge in [-0.2, -0.15) is 0 Å². The van der Waals surface area contributed by atoms with Crippen molar-refractivity contribution in [1.82, 2.24) is 5.32 Å². The maximum Gasteiger partial charge on any atom is 0.224 e. The number of para-hydroxylation sites is 1. The summed E-state index contributed by atoms with van der Waals surface area (Å²) in [6.45, 7) is 2.24. The van der Waals surface area contributed by atoms with Crippen LogP contribution in [0.5, 0.6) is 5.75 Å². The smallest absolute Gasteiger partial charge is 0.224 e. The summed E-state index contributed by atoms with van der Waals surface area (Å²) in [4.78, 5) is 16.3. The maximum atomic E-state index is 12.0. The lowest BCUT2D eigenvalue weighted by atomic mass is 10.2. The van der Waals surface area contributed by atoms with E-state index < -0.39 is 0 Å². The lowest BCUT2D eigenvalue weighted by molar-refractivity contribution is -0.116. The van der Waals surface area contributed by atoms with Crippen molar-refractivity contribution in [2.24, 2.45) is 4.99 Å². The summed E-state index contributed by atoms with van der Waals surface area (Å²) >= 11 is 0. The average Bonchev–Trinajstić information content (AvgIpc) is 3.15. The van der Waals surface area contributed by atoms with Crippen LogP contribution in [0.15, 0.2) is 59.6 Å². The molecule has 124 valence electrons. The monoisotopic (exact) mass is 323 g/mol. The molecule has 0 saturated heterocycles.